The molecule has 0 heterocycles. The van der Waals surface area contributed by atoms with Gasteiger partial charge in [-0.15, -0.1) is 0 Å². The molecule has 0 spiro atoms. The first kappa shape index (κ1) is 23.5. The lowest BCUT2D eigenvalue weighted by atomic mass is 10.2. The van der Waals surface area contributed by atoms with Gasteiger partial charge in [-0.2, -0.15) is 0 Å². The van der Waals surface area contributed by atoms with Gasteiger partial charge < -0.3 is 24.8 Å². The molecule has 3 aromatic carbocycles. The second-order valence-electron chi connectivity index (χ2n) is 7.12. The van der Waals surface area contributed by atoms with Gasteiger partial charge in [-0.3, -0.25) is 4.79 Å². The van der Waals surface area contributed by atoms with Crippen molar-refractivity contribution < 1.29 is 19.0 Å². The average molecular weight is 499 g/mol. The fourth-order valence-corrected chi connectivity index (χ4v) is 3.62. The molecule has 0 bridgehead atoms. The predicted molar refractivity (Wildman–Crippen MR) is 131 cm³/mol. The number of carbonyl (C=O) groups is 1. The largest absolute Gasteiger partial charge is 0.497 e. The van der Waals surface area contributed by atoms with Crippen molar-refractivity contribution in [3.63, 3.8) is 0 Å². The molecule has 3 aromatic rings. The van der Waals surface area contributed by atoms with Crippen molar-refractivity contribution in [3.8, 4) is 17.2 Å². The lowest BCUT2D eigenvalue weighted by molar-refractivity contribution is -0.118. The summed E-state index contributed by atoms with van der Waals surface area (Å²) in [4.78, 5) is 12.3. The van der Waals surface area contributed by atoms with Crippen LogP contribution in [0.2, 0.25) is 0 Å². The van der Waals surface area contributed by atoms with E-state index in [4.69, 9.17) is 14.2 Å². The number of benzene rings is 3. The summed E-state index contributed by atoms with van der Waals surface area (Å²) in [7, 11) is 1.64. The fourth-order valence-electron chi connectivity index (χ4n) is 3.01. The van der Waals surface area contributed by atoms with Crippen LogP contribution in [-0.4, -0.2) is 26.2 Å². The van der Waals surface area contributed by atoms with Crippen molar-refractivity contribution in [3.05, 3.63) is 76.3 Å². The van der Waals surface area contributed by atoms with Gasteiger partial charge in [0.15, 0.2) is 18.1 Å². The van der Waals surface area contributed by atoms with Gasteiger partial charge in [0.2, 0.25) is 0 Å². The summed E-state index contributed by atoms with van der Waals surface area (Å²) < 4.78 is 17.5. The van der Waals surface area contributed by atoms with Crippen molar-refractivity contribution in [1.29, 1.82) is 0 Å². The normalized spacial score (nSPS) is 10.4. The highest BCUT2D eigenvalue weighted by atomic mass is 79.9. The Morgan fingerprint density at radius 1 is 0.969 bits per heavy atom. The Bertz CT molecular complexity index is 1040. The maximum absolute atomic E-state index is 12.3. The Labute approximate surface area is 197 Å². The third kappa shape index (κ3) is 6.65. The van der Waals surface area contributed by atoms with E-state index in [1.54, 1.807) is 7.11 Å². The highest BCUT2D eigenvalue weighted by Gasteiger charge is 2.14. The molecular formula is C25H27BrN2O4. The summed E-state index contributed by atoms with van der Waals surface area (Å²) in [5, 5.41) is 6.20. The van der Waals surface area contributed by atoms with Gasteiger partial charge in [0.05, 0.1) is 18.2 Å². The van der Waals surface area contributed by atoms with Crippen molar-refractivity contribution in [2.75, 3.05) is 31.0 Å². The van der Waals surface area contributed by atoms with E-state index in [9.17, 15) is 4.79 Å². The van der Waals surface area contributed by atoms with Gasteiger partial charge in [-0.1, -0.05) is 17.7 Å². The highest BCUT2D eigenvalue weighted by Crippen LogP contribution is 2.37. The molecule has 6 nitrogen and oxygen atoms in total. The zero-order valence-corrected chi connectivity index (χ0v) is 20.0. The summed E-state index contributed by atoms with van der Waals surface area (Å²) in [6.07, 6.45) is 0. The van der Waals surface area contributed by atoms with Gasteiger partial charge in [0, 0.05) is 17.9 Å². The molecule has 0 atom stereocenters. The minimum Gasteiger partial charge on any atom is -0.497 e. The fraction of sp³-hybridized carbons (Fsp3) is 0.240. The van der Waals surface area contributed by atoms with Crippen LogP contribution in [0.1, 0.15) is 18.1 Å². The number of hydrogen-bond acceptors (Lipinski definition) is 5. The summed E-state index contributed by atoms with van der Waals surface area (Å²) in [5.74, 6) is 1.65. The van der Waals surface area contributed by atoms with Crippen LogP contribution in [0.3, 0.4) is 0 Å². The van der Waals surface area contributed by atoms with Crippen LogP contribution in [-0.2, 0) is 11.3 Å². The first-order chi connectivity index (χ1) is 15.5. The van der Waals surface area contributed by atoms with Crippen molar-refractivity contribution in [2.45, 2.75) is 20.4 Å². The zero-order valence-electron chi connectivity index (χ0n) is 18.4. The molecule has 0 radical (unpaired) electrons. The molecule has 0 aliphatic carbocycles. The standard InChI is InChI=1S/C25H27BrN2O4/c1-4-31-23-14-18(15-27-19-9-11-21(30-3)12-10-19)13-22(26)25(23)32-16-24(29)28-20-7-5-17(2)6-8-20/h5-14,27H,4,15-16H2,1-3H3,(H,28,29). The second kappa shape index (κ2) is 11.4. The number of hydrogen-bond donors (Lipinski definition) is 2. The number of nitrogens with one attached hydrogen (secondary N) is 2. The summed E-state index contributed by atoms with van der Waals surface area (Å²) in [5.41, 5.74) is 3.85. The van der Waals surface area contributed by atoms with Gasteiger partial charge in [-0.25, -0.2) is 0 Å². The summed E-state index contributed by atoms with van der Waals surface area (Å²) in [6.45, 7) is 4.85. The van der Waals surface area contributed by atoms with Gasteiger partial charge in [-0.05, 0) is 83.9 Å². The quantitative estimate of drug-likeness (QED) is 0.370. The summed E-state index contributed by atoms with van der Waals surface area (Å²) >= 11 is 3.56. The Balaban J connectivity index is 1.64. The Morgan fingerprint density at radius 3 is 2.31 bits per heavy atom. The number of aryl methyl sites for hydroxylation is 1. The van der Waals surface area contributed by atoms with Gasteiger partial charge >= 0.3 is 0 Å². The molecule has 0 unspecified atom stereocenters. The zero-order chi connectivity index (χ0) is 22.9. The van der Waals surface area contributed by atoms with Gasteiger partial charge in [0.25, 0.3) is 5.91 Å². The van der Waals surface area contributed by atoms with Crippen LogP contribution >= 0.6 is 15.9 Å². The monoisotopic (exact) mass is 498 g/mol. The van der Waals surface area contributed by atoms with E-state index in [2.05, 4.69) is 26.6 Å². The first-order valence-corrected chi connectivity index (χ1v) is 11.1. The smallest absolute Gasteiger partial charge is 0.262 e. The SMILES string of the molecule is CCOc1cc(CNc2ccc(OC)cc2)cc(Br)c1OCC(=O)Nc1ccc(C)cc1. The maximum Gasteiger partial charge on any atom is 0.262 e. The van der Waals surface area contributed by atoms with E-state index < -0.39 is 0 Å². The van der Waals surface area contributed by atoms with Crippen LogP contribution in [0.5, 0.6) is 17.2 Å². The van der Waals surface area contributed by atoms with E-state index in [1.165, 1.54) is 0 Å². The molecule has 0 fully saturated rings. The topological polar surface area (TPSA) is 68.8 Å². The van der Waals surface area contributed by atoms with E-state index in [1.807, 2.05) is 74.5 Å². The number of rotatable bonds is 10. The van der Waals surface area contributed by atoms with Crippen molar-refractivity contribution >= 4 is 33.2 Å². The Morgan fingerprint density at radius 2 is 1.66 bits per heavy atom. The minimum atomic E-state index is -0.242. The molecular weight excluding hydrogens is 472 g/mol. The van der Waals surface area contributed by atoms with Crippen molar-refractivity contribution in [1.82, 2.24) is 0 Å². The molecule has 32 heavy (non-hydrogen) atoms. The molecule has 0 aliphatic rings. The molecule has 2 N–H and O–H groups in total. The molecule has 7 heteroatoms. The van der Waals surface area contributed by atoms with Gasteiger partial charge in [0.1, 0.15) is 5.75 Å². The first-order valence-electron chi connectivity index (χ1n) is 10.3. The number of carbonyl (C=O) groups excluding carboxylic acids is 1. The lowest BCUT2D eigenvalue weighted by Crippen LogP contribution is -2.20. The number of amides is 1. The maximum atomic E-state index is 12.3. The molecule has 0 aromatic heterocycles. The molecule has 0 aliphatic heterocycles. The predicted octanol–water partition coefficient (Wildman–Crippen LogP) is 5.79. The summed E-state index contributed by atoms with van der Waals surface area (Å²) in [6, 6.07) is 19.2. The molecule has 1 amide bonds. The molecule has 0 saturated carbocycles. The number of halogens is 1. The van der Waals surface area contributed by atoms with Crippen LogP contribution in [0.15, 0.2) is 65.1 Å². The van der Waals surface area contributed by atoms with Crippen LogP contribution in [0.4, 0.5) is 11.4 Å². The highest BCUT2D eigenvalue weighted by molar-refractivity contribution is 9.10. The number of anilines is 2. The lowest BCUT2D eigenvalue weighted by Gasteiger charge is -2.16. The Kier molecular flexibility index (Phi) is 8.39. The number of methoxy groups -OCH3 is 1. The average Bonchev–Trinajstić information content (AvgIpc) is 2.79. The van der Waals surface area contributed by atoms with E-state index >= 15 is 0 Å². The number of ether oxygens (including phenoxy) is 3. The molecule has 168 valence electrons. The Hall–Kier alpha value is -3.19. The third-order valence-electron chi connectivity index (χ3n) is 4.64. The minimum absolute atomic E-state index is 0.129. The van der Waals surface area contributed by atoms with E-state index in [0.717, 1.165) is 32.7 Å². The van der Waals surface area contributed by atoms with Crippen LogP contribution in [0.25, 0.3) is 0 Å². The van der Waals surface area contributed by atoms with Crippen LogP contribution < -0.4 is 24.8 Å². The third-order valence-corrected chi connectivity index (χ3v) is 5.23. The van der Waals surface area contributed by atoms with E-state index in [-0.39, 0.29) is 12.5 Å². The molecule has 0 saturated heterocycles. The van der Waals surface area contributed by atoms with Crippen molar-refractivity contribution in [2.24, 2.45) is 0 Å². The van der Waals surface area contributed by atoms with Crippen LogP contribution in [0, 0.1) is 6.92 Å². The second-order valence-corrected chi connectivity index (χ2v) is 7.98. The molecule has 3 rings (SSSR count). The van der Waals surface area contributed by atoms with E-state index in [0.29, 0.717) is 24.7 Å².